The number of hydrogen-bond donors (Lipinski definition) is 7. The van der Waals surface area contributed by atoms with Gasteiger partial charge >= 0.3 is 0 Å². The van der Waals surface area contributed by atoms with Gasteiger partial charge in [-0.25, -0.2) is 0 Å². The van der Waals surface area contributed by atoms with Crippen molar-refractivity contribution >= 4 is 41.6 Å². The molecule has 0 fully saturated rings. The molecule has 0 saturated carbocycles. The molecule has 0 radical (unpaired) electrons. The van der Waals surface area contributed by atoms with E-state index in [0.29, 0.717) is 0 Å². The minimum absolute atomic E-state index is 0.211. The SMILES string of the molecule is CC(=O)C(=O)[O-].CC(=O)[O-].CC(=O)[O-].CCC(O)C(=O)[O-].C[N+](C)(C)CCO.C[N+](C)(C)CCO.C[N+](C)(C)CCO.C[N+](C)(C)CCO.C[N+](C)(C)CCO.C[N+](C)(C)CCO.O=C([O-])CCC(=O)[O-]. The van der Waals surface area contributed by atoms with E-state index in [-0.39, 0.29) is 46.1 Å². The van der Waals surface area contributed by atoms with Crippen LogP contribution < -0.4 is 30.6 Å². The molecule has 0 amide bonds. The van der Waals surface area contributed by atoms with Gasteiger partial charge in [-0.15, -0.1) is 0 Å². The summed E-state index contributed by atoms with van der Waals surface area (Å²) in [6.07, 6.45) is -2.02. The summed E-state index contributed by atoms with van der Waals surface area (Å²) in [7, 11) is 36.9. The maximum Gasteiger partial charge on any atom is 0.175 e. The number of carboxylic acid groups (broad SMARTS) is 6. The van der Waals surface area contributed by atoms with Crippen molar-refractivity contribution in [3.05, 3.63) is 0 Å². The van der Waals surface area contributed by atoms with E-state index < -0.39 is 60.5 Å². The molecule has 26 heteroatoms. The molecule has 0 aromatic rings. The number of nitrogens with zero attached hydrogens (tertiary/aromatic N) is 6. The highest BCUT2D eigenvalue weighted by molar-refractivity contribution is 6.30. The number of aliphatic carboxylic acids is 6. The minimum atomic E-state index is -1.63. The maximum atomic E-state index is 9.57. The van der Waals surface area contributed by atoms with Crippen molar-refractivity contribution in [2.45, 2.75) is 53.1 Å². The molecule has 0 heterocycles. The largest absolute Gasteiger partial charge is 0.550 e. The standard InChI is InChI=1S/6C5H14NO.C4H6O4.C4H8O3.C3H4O3.2C2H4O2/c6*1-6(2,3)4-5-7;5-3(6)1-2-4(7)8;1-2-3(5)4(6)7;1-2(4)3(5)6;2*1-2(3)4/h6*7H,4-5H2,1-3H3;1-2H2,(H,5,6)(H,7,8);3,5H,2H2,1H3,(H,6,7);1H3,(H,5,6);2*1H3,(H,3,4)/q6*+1;;;;;/p-6. The second-order valence-corrected chi connectivity index (χ2v) is 20.7. The first-order chi connectivity index (χ1) is 31.3. The third kappa shape index (κ3) is 221. The van der Waals surface area contributed by atoms with Gasteiger partial charge in [-0.05, 0) is 33.1 Å². The number of carbonyl (C=O) groups is 7. The summed E-state index contributed by atoms with van der Waals surface area (Å²) in [5.74, 6) is -8.86. The third-order valence-electron chi connectivity index (χ3n) is 6.10. The number of likely N-dealkylation sites (N-methyl/N-ethyl adjacent to an activating group) is 6. The van der Waals surface area contributed by atoms with Crippen molar-refractivity contribution in [2.75, 3.05) is 206 Å². The zero-order valence-corrected chi connectivity index (χ0v) is 47.8. The van der Waals surface area contributed by atoms with E-state index in [0.717, 1.165) is 86.9 Å². The molecule has 0 aliphatic rings. The summed E-state index contributed by atoms with van der Waals surface area (Å²) in [6, 6.07) is 0. The van der Waals surface area contributed by atoms with Crippen molar-refractivity contribution in [1.82, 2.24) is 0 Å². The molecule has 7 N–H and O–H groups in total. The highest BCUT2D eigenvalue weighted by Gasteiger charge is 2.05. The number of Topliss-reactive ketones (excluding diaryl/α,β-unsaturated/α-hetero) is 1. The van der Waals surface area contributed by atoms with Gasteiger partial charge in [0.1, 0.15) is 45.2 Å². The highest BCUT2D eigenvalue weighted by Crippen LogP contribution is 1.88. The highest BCUT2D eigenvalue weighted by atomic mass is 16.4. The van der Waals surface area contributed by atoms with Gasteiger partial charge in [-0.1, -0.05) is 6.92 Å². The van der Waals surface area contributed by atoms with Crippen LogP contribution >= 0.6 is 0 Å². The van der Waals surface area contributed by atoms with Crippen molar-refractivity contribution < 1.29 is 127 Å². The molecule has 0 aromatic heterocycles. The molecule has 1 atom stereocenters. The predicted molar refractivity (Wildman–Crippen MR) is 258 cm³/mol. The van der Waals surface area contributed by atoms with Gasteiger partial charge in [-0.2, -0.15) is 0 Å². The minimum Gasteiger partial charge on any atom is -0.550 e. The number of aliphatic hydroxyl groups excluding tert-OH is 7. The number of rotatable bonds is 18. The van der Waals surface area contributed by atoms with Gasteiger partial charge in [0.2, 0.25) is 0 Å². The molecule has 71 heavy (non-hydrogen) atoms. The molecule has 0 bridgehead atoms. The monoisotopic (exact) mass is 1050 g/mol. The maximum absolute atomic E-state index is 9.57. The van der Waals surface area contributed by atoms with Gasteiger partial charge in [0.05, 0.1) is 179 Å². The van der Waals surface area contributed by atoms with E-state index in [1.165, 1.54) is 0 Å². The van der Waals surface area contributed by atoms with Crippen LogP contribution in [0.1, 0.15) is 47.0 Å². The summed E-state index contributed by atoms with van der Waals surface area (Å²) in [4.78, 5) is 65.1. The van der Waals surface area contributed by atoms with Gasteiger partial charge in [-0.3, -0.25) is 4.79 Å². The topological polar surface area (TPSA) is 399 Å². The average Bonchev–Trinajstić information content (AvgIpc) is 3.09. The second kappa shape index (κ2) is 55.3. The van der Waals surface area contributed by atoms with Crippen LogP contribution in [-0.4, -0.2) is 316 Å². The number of carboxylic acids is 6. The Balaban J connectivity index is -0.0000000623. The van der Waals surface area contributed by atoms with E-state index in [1.54, 1.807) is 6.92 Å². The van der Waals surface area contributed by atoms with Crippen LogP contribution in [0, 0.1) is 0 Å². The Bertz CT molecular complexity index is 1100. The van der Waals surface area contributed by atoms with Gasteiger partial charge in [0.15, 0.2) is 5.78 Å². The summed E-state index contributed by atoms with van der Waals surface area (Å²) in [6.45, 7) is 11.1. The van der Waals surface area contributed by atoms with Crippen LogP contribution in [0.4, 0.5) is 0 Å². The predicted octanol–water partition coefficient (Wildman–Crippen LogP) is -10.3. The first-order valence-electron chi connectivity index (χ1n) is 22.1. The van der Waals surface area contributed by atoms with Crippen LogP contribution in [0.15, 0.2) is 0 Å². The van der Waals surface area contributed by atoms with E-state index >= 15 is 0 Å². The molecular formula is C45H104N6O20. The van der Waals surface area contributed by atoms with Crippen LogP contribution in [-0.2, 0) is 33.6 Å². The smallest absolute Gasteiger partial charge is 0.175 e. The van der Waals surface area contributed by atoms with Crippen molar-refractivity contribution in [1.29, 1.82) is 0 Å². The lowest BCUT2D eigenvalue weighted by Gasteiger charge is -2.21. The van der Waals surface area contributed by atoms with E-state index in [2.05, 4.69) is 127 Å². The molecule has 434 valence electrons. The Morgan fingerprint density at radius 2 is 0.493 bits per heavy atom. The lowest BCUT2D eigenvalue weighted by Crippen LogP contribution is -2.36. The quantitative estimate of drug-likeness (QED) is 0.0495. The van der Waals surface area contributed by atoms with E-state index in [9.17, 15) is 44.4 Å². The summed E-state index contributed by atoms with van der Waals surface area (Å²) >= 11 is 0. The molecule has 1 unspecified atom stereocenters. The third-order valence-corrected chi connectivity index (χ3v) is 6.10. The second-order valence-electron chi connectivity index (χ2n) is 20.7. The van der Waals surface area contributed by atoms with Crippen LogP contribution in [0.5, 0.6) is 0 Å². The molecular weight excluding hydrogens is 945 g/mol. The average molecular weight is 1050 g/mol. The number of ketones is 1. The number of aliphatic hydroxyl groups is 7. The Hall–Kier alpha value is -4.03. The molecule has 0 saturated heterocycles. The fraction of sp³-hybridized carbons (Fsp3) is 0.844. The normalized spacial score (nSPS) is 10.7. The fourth-order valence-corrected chi connectivity index (χ4v) is 2.17. The lowest BCUT2D eigenvalue weighted by molar-refractivity contribution is -0.870. The van der Waals surface area contributed by atoms with Gasteiger partial charge < -0.3 is 122 Å². The van der Waals surface area contributed by atoms with Gasteiger partial charge in [0.25, 0.3) is 0 Å². The van der Waals surface area contributed by atoms with Crippen molar-refractivity contribution in [3.8, 4) is 0 Å². The number of hydrogen-bond acceptors (Lipinski definition) is 20. The zero-order valence-electron chi connectivity index (χ0n) is 47.8. The number of carbonyl (C=O) groups excluding carboxylic acids is 7. The molecule has 26 nitrogen and oxygen atoms in total. The molecule has 0 aliphatic carbocycles. The van der Waals surface area contributed by atoms with E-state index in [1.807, 2.05) is 0 Å². The van der Waals surface area contributed by atoms with Crippen LogP contribution in [0.3, 0.4) is 0 Å². The molecule has 0 aromatic carbocycles. The van der Waals surface area contributed by atoms with Gasteiger partial charge in [0, 0.05) is 30.8 Å². The summed E-state index contributed by atoms with van der Waals surface area (Å²) < 4.78 is 5.06. The Morgan fingerprint density at radius 3 is 0.507 bits per heavy atom. The molecule has 0 rings (SSSR count). The lowest BCUT2D eigenvalue weighted by atomic mass is 10.3. The van der Waals surface area contributed by atoms with Crippen LogP contribution in [0.2, 0.25) is 0 Å². The Labute approximate surface area is 426 Å². The Morgan fingerprint density at radius 1 is 0.366 bits per heavy atom. The molecule has 0 aliphatic heterocycles. The van der Waals surface area contributed by atoms with E-state index in [4.69, 9.17) is 55.5 Å². The Kier molecular flexibility index (Phi) is 72.4. The van der Waals surface area contributed by atoms with Crippen LogP contribution in [0.25, 0.3) is 0 Å². The van der Waals surface area contributed by atoms with Crippen molar-refractivity contribution in [3.63, 3.8) is 0 Å². The van der Waals surface area contributed by atoms with Crippen molar-refractivity contribution in [2.24, 2.45) is 0 Å². The number of quaternary nitrogens is 6. The summed E-state index contributed by atoms with van der Waals surface area (Å²) in [5.41, 5.74) is 0. The first-order valence-corrected chi connectivity index (χ1v) is 22.1. The first kappa shape index (κ1) is 93.0. The fourth-order valence-electron chi connectivity index (χ4n) is 2.17. The zero-order chi connectivity index (χ0) is 60.2. The molecule has 0 spiro atoms. The summed E-state index contributed by atoms with van der Waals surface area (Å²) in [5, 5.41) is 114.